The van der Waals surface area contributed by atoms with Crippen molar-refractivity contribution in [3.05, 3.63) is 47.9 Å². The largest absolute Gasteiger partial charge is 0.127 e. The lowest BCUT2D eigenvalue weighted by atomic mass is 10.4. The van der Waals surface area contributed by atoms with Crippen LogP contribution in [0.25, 0.3) is 0 Å². The third kappa shape index (κ3) is 7.42. The molecule has 0 amide bonds. The second-order valence-electron chi connectivity index (χ2n) is 2.26. The summed E-state index contributed by atoms with van der Waals surface area (Å²) in [5, 5.41) is 0. The van der Waals surface area contributed by atoms with Crippen LogP contribution in [0.2, 0.25) is 0 Å². The van der Waals surface area contributed by atoms with Crippen LogP contribution in [-0.2, 0) is 0 Å². The van der Waals surface area contributed by atoms with Crippen LogP contribution >= 0.6 is 11.8 Å². The number of rotatable bonds is 5. The van der Waals surface area contributed by atoms with Crippen LogP contribution in [-0.4, -0.2) is 5.75 Å². The summed E-state index contributed by atoms with van der Waals surface area (Å²) in [6.45, 7) is 7.77. The van der Waals surface area contributed by atoms with E-state index in [0.717, 1.165) is 5.75 Å². The van der Waals surface area contributed by atoms with Crippen LogP contribution in [0.15, 0.2) is 47.9 Å². The molecule has 0 aliphatic carbocycles. The molecule has 0 bridgehead atoms. The zero-order chi connectivity index (χ0) is 9.23. The van der Waals surface area contributed by atoms with Gasteiger partial charge in [0.2, 0.25) is 0 Å². The Bertz CT molecular complexity index is 197. The van der Waals surface area contributed by atoms with E-state index in [9.17, 15) is 0 Å². The SMILES string of the molecule is C=C/C=C\C=C/CS/C(C)=C\C. The van der Waals surface area contributed by atoms with E-state index >= 15 is 0 Å². The van der Waals surface area contributed by atoms with Gasteiger partial charge in [-0.2, -0.15) is 0 Å². The summed E-state index contributed by atoms with van der Waals surface area (Å²) < 4.78 is 0. The number of thioether (sulfide) groups is 1. The molecule has 0 radical (unpaired) electrons. The molecule has 12 heavy (non-hydrogen) atoms. The van der Waals surface area contributed by atoms with Crippen molar-refractivity contribution >= 4 is 11.8 Å². The summed E-state index contributed by atoms with van der Waals surface area (Å²) in [4.78, 5) is 1.37. The Balaban J connectivity index is 3.49. The van der Waals surface area contributed by atoms with Crippen molar-refractivity contribution in [2.45, 2.75) is 13.8 Å². The summed E-state index contributed by atoms with van der Waals surface area (Å²) in [5.41, 5.74) is 0. The van der Waals surface area contributed by atoms with Crippen LogP contribution in [0, 0.1) is 0 Å². The summed E-state index contributed by atoms with van der Waals surface area (Å²) in [6, 6.07) is 0. The highest BCUT2D eigenvalue weighted by molar-refractivity contribution is 8.03. The highest BCUT2D eigenvalue weighted by Gasteiger charge is 1.83. The molecule has 0 nitrogen and oxygen atoms in total. The molecule has 0 aliphatic rings. The third-order valence-electron chi connectivity index (χ3n) is 1.31. The maximum absolute atomic E-state index is 3.58. The van der Waals surface area contributed by atoms with E-state index in [0.29, 0.717) is 0 Å². The summed E-state index contributed by atoms with van der Waals surface area (Å²) in [7, 11) is 0. The van der Waals surface area contributed by atoms with E-state index in [2.05, 4.69) is 32.6 Å². The van der Waals surface area contributed by atoms with E-state index in [1.807, 2.05) is 30.0 Å². The maximum Gasteiger partial charge on any atom is 0.0160 e. The summed E-state index contributed by atoms with van der Waals surface area (Å²) >= 11 is 1.85. The molecule has 0 unspecified atom stereocenters. The average Bonchev–Trinajstić information content (AvgIpc) is 2.10. The predicted molar refractivity (Wildman–Crippen MR) is 60.4 cm³/mol. The van der Waals surface area contributed by atoms with Crippen molar-refractivity contribution in [2.75, 3.05) is 5.75 Å². The number of allylic oxidation sites excluding steroid dienone is 6. The molecule has 0 saturated heterocycles. The van der Waals surface area contributed by atoms with Gasteiger partial charge in [0.15, 0.2) is 0 Å². The van der Waals surface area contributed by atoms with Crippen molar-refractivity contribution in [3.63, 3.8) is 0 Å². The van der Waals surface area contributed by atoms with Gasteiger partial charge in [-0.3, -0.25) is 0 Å². The fourth-order valence-electron chi connectivity index (χ4n) is 0.540. The van der Waals surface area contributed by atoms with Crippen molar-refractivity contribution in [1.82, 2.24) is 0 Å². The summed E-state index contributed by atoms with van der Waals surface area (Å²) in [5.74, 6) is 1.04. The van der Waals surface area contributed by atoms with Crippen molar-refractivity contribution < 1.29 is 0 Å². The zero-order valence-electron chi connectivity index (χ0n) is 7.79. The lowest BCUT2D eigenvalue weighted by Gasteiger charge is -1.93. The van der Waals surface area contributed by atoms with E-state index < -0.39 is 0 Å². The first-order chi connectivity index (χ1) is 5.81. The molecule has 0 saturated carbocycles. The molecule has 0 aromatic carbocycles. The lowest BCUT2D eigenvalue weighted by molar-refractivity contribution is 1.58. The predicted octanol–water partition coefficient (Wildman–Crippen LogP) is 3.94. The van der Waals surface area contributed by atoms with Crippen molar-refractivity contribution in [3.8, 4) is 0 Å². The Morgan fingerprint density at radius 2 is 2.08 bits per heavy atom. The Morgan fingerprint density at radius 1 is 1.33 bits per heavy atom. The van der Waals surface area contributed by atoms with Crippen LogP contribution < -0.4 is 0 Å². The van der Waals surface area contributed by atoms with E-state index in [1.54, 1.807) is 6.08 Å². The maximum atomic E-state index is 3.58. The van der Waals surface area contributed by atoms with Crippen LogP contribution in [0.4, 0.5) is 0 Å². The molecule has 0 spiro atoms. The van der Waals surface area contributed by atoms with Gasteiger partial charge in [-0.15, -0.1) is 11.8 Å². The number of hydrogen-bond donors (Lipinski definition) is 0. The molecule has 0 aromatic heterocycles. The molecule has 0 N–H and O–H groups in total. The minimum atomic E-state index is 1.04. The van der Waals surface area contributed by atoms with Gasteiger partial charge in [-0.1, -0.05) is 43.0 Å². The molecule has 0 fully saturated rings. The normalized spacial score (nSPS) is 13.0. The van der Waals surface area contributed by atoms with Crippen molar-refractivity contribution in [2.24, 2.45) is 0 Å². The fraction of sp³-hybridized carbons (Fsp3) is 0.273. The quantitative estimate of drug-likeness (QED) is 0.577. The molecule has 0 rings (SSSR count). The highest BCUT2D eigenvalue weighted by atomic mass is 32.2. The molecule has 1 heteroatoms. The molecule has 0 aliphatic heterocycles. The lowest BCUT2D eigenvalue weighted by Crippen LogP contribution is -1.70. The smallest absolute Gasteiger partial charge is 0.0160 e. The van der Waals surface area contributed by atoms with Gasteiger partial charge in [0, 0.05) is 5.75 Å². The molecule has 0 atom stereocenters. The molecular weight excluding hydrogens is 164 g/mol. The van der Waals surface area contributed by atoms with Gasteiger partial charge in [-0.25, -0.2) is 0 Å². The standard InChI is InChI=1S/C11H16S/c1-4-6-7-8-9-10-12-11(3)5-2/h4-9H,1,10H2,2-3H3/b7-6-,9-8-,11-5-. The van der Waals surface area contributed by atoms with Gasteiger partial charge < -0.3 is 0 Å². The minimum absolute atomic E-state index is 1.04. The van der Waals surface area contributed by atoms with Gasteiger partial charge in [-0.05, 0) is 18.8 Å². The van der Waals surface area contributed by atoms with E-state index in [4.69, 9.17) is 0 Å². The first-order valence-electron chi connectivity index (χ1n) is 4.01. The monoisotopic (exact) mass is 180 g/mol. The molecule has 0 heterocycles. The average molecular weight is 180 g/mol. The van der Waals surface area contributed by atoms with E-state index in [1.165, 1.54) is 4.91 Å². The first-order valence-corrected chi connectivity index (χ1v) is 4.99. The highest BCUT2D eigenvalue weighted by Crippen LogP contribution is 2.13. The zero-order valence-corrected chi connectivity index (χ0v) is 8.60. The van der Waals surface area contributed by atoms with Gasteiger partial charge in [0.25, 0.3) is 0 Å². The Hall–Kier alpha value is -0.690. The van der Waals surface area contributed by atoms with Gasteiger partial charge in [0.1, 0.15) is 0 Å². The third-order valence-corrected chi connectivity index (χ3v) is 2.36. The van der Waals surface area contributed by atoms with Crippen LogP contribution in [0.3, 0.4) is 0 Å². The molecule has 0 aromatic rings. The Kier molecular flexibility index (Phi) is 7.92. The second-order valence-corrected chi connectivity index (χ2v) is 3.53. The fourth-order valence-corrected chi connectivity index (χ4v) is 1.18. The topological polar surface area (TPSA) is 0 Å². The van der Waals surface area contributed by atoms with Crippen molar-refractivity contribution in [1.29, 1.82) is 0 Å². The molecular formula is C11H16S. The van der Waals surface area contributed by atoms with Crippen LogP contribution in [0.1, 0.15) is 13.8 Å². The Morgan fingerprint density at radius 3 is 2.67 bits per heavy atom. The molecule has 66 valence electrons. The number of hydrogen-bond acceptors (Lipinski definition) is 1. The second kappa shape index (κ2) is 8.41. The van der Waals surface area contributed by atoms with Crippen LogP contribution in [0.5, 0.6) is 0 Å². The minimum Gasteiger partial charge on any atom is -0.127 e. The van der Waals surface area contributed by atoms with Gasteiger partial charge in [0.05, 0.1) is 0 Å². The van der Waals surface area contributed by atoms with Gasteiger partial charge >= 0.3 is 0 Å². The Labute approximate surface area is 79.8 Å². The van der Waals surface area contributed by atoms with E-state index in [-0.39, 0.29) is 0 Å². The first kappa shape index (κ1) is 11.3. The summed E-state index contributed by atoms with van der Waals surface area (Å²) in [6.07, 6.45) is 12.0.